The van der Waals surface area contributed by atoms with Crippen LogP contribution in [0.5, 0.6) is 0 Å². The molecule has 9 heteroatoms. The van der Waals surface area contributed by atoms with Gasteiger partial charge in [-0.1, -0.05) is 0 Å². The van der Waals surface area contributed by atoms with Crippen LogP contribution in [0.2, 0.25) is 0 Å². The second-order valence-corrected chi connectivity index (χ2v) is 7.11. The van der Waals surface area contributed by atoms with Crippen LogP contribution in [0.25, 0.3) is 0 Å². The lowest BCUT2D eigenvalue weighted by Gasteiger charge is -2.11. The van der Waals surface area contributed by atoms with Gasteiger partial charge in [-0.3, -0.25) is 0 Å². The lowest BCUT2D eigenvalue weighted by molar-refractivity contribution is 0.0684. The van der Waals surface area contributed by atoms with Gasteiger partial charge in [0.1, 0.15) is 0 Å². The molecule has 0 spiro atoms. The Morgan fingerprint density at radius 3 is 1.44 bits per heavy atom. The van der Waals surface area contributed by atoms with Crippen molar-refractivity contribution < 1.29 is 28.2 Å². The summed E-state index contributed by atoms with van der Waals surface area (Å²) >= 11 is 0. The lowest BCUT2D eigenvalue weighted by atomic mass is 10.1. The molecule has 0 aliphatic heterocycles. The molecule has 0 aromatic heterocycles. The summed E-state index contributed by atoms with van der Waals surface area (Å²) in [6.07, 6.45) is 0. The fraction of sp³-hybridized carbons (Fsp3) is 0.125. The molecule has 0 aliphatic carbocycles. The summed E-state index contributed by atoms with van der Waals surface area (Å²) in [5, 5.41) is 18.2. The molecule has 8 nitrogen and oxygen atoms in total. The Kier molecular flexibility index (Phi) is 5.21. The largest absolute Gasteiger partial charge is 0.478 e. The zero-order valence-electron chi connectivity index (χ0n) is 13.0. The van der Waals surface area contributed by atoms with E-state index in [0.717, 1.165) is 0 Å². The van der Waals surface area contributed by atoms with Crippen molar-refractivity contribution in [2.75, 3.05) is 0 Å². The van der Waals surface area contributed by atoms with Gasteiger partial charge >= 0.3 is 11.9 Å². The number of hydrogen-bond donors (Lipinski definition) is 4. The lowest BCUT2D eigenvalue weighted by Crippen LogP contribution is -2.12. The van der Waals surface area contributed by atoms with Crippen LogP contribution in [-0.4, -0.2) is 30.6 Å². The van der Waals surface area contributed by atoms with Gasteiger partial charge in [0, 0.05) is 13.1 Å². The molecule has 0 aliphatic rings. The number of carbonyl (C=O) groups is 2. The number of benzene rings is 2. The van der Waals surface area contributed by atoms with Crippen LogP contribution < -0.4 is 11.5 Å². The number of carboxylic acids is 2. The molecule has 0 fully saturated rings. The van der Waals surface area contributed by atoms with Crippen molar-refractivity contribution in [3.63, 3.8) is 0 Å². The van der Waals surface area contributed by atoms with E-state index >= 15 is 0 Å². The zero-order chi connectivity index (χ0) is 18.8. The standard InChI is InChI=1S/C16H16N2O6S/c17-7-9-5-11(1-3-13(9)15(19)20)25(23,24)12-2-4-14(16(21)22)10(6-12)8-18/h1-6H,7-8,17-18H2,(H,19,20)(H,21,22). The quantitative estimate of drug-likeness (QED) is 0.586. The summed E-state index contributed by atoms with van der Waals surface area (Å²) < 4.78 is 25.5. The molecule has 0 unspecified atom stereocenters. The monoisotopic (exact) mass is 364 g/mol. The van der Waals surface area contributed by atoms with E-state index in [4.69, 9.17) is 21.7 Å². The fourth-order valence-corrected chi connectivity index (χ4v) is 3.73. The Bertz CT molecular complexity index is 882. The van der Waals surface area contributed by atoms with E-state index in [1.807, 2.05) is 0 Å². The van der Waals surface area contributed by atoms with Crippen LogP contribution in [0.4, 0.5) is 0 Å². The Morgan fingerprint density at radius 2 is 1.16 bits per heavy atom. The Morgan fingerprint density at radius 1 is 0.800 bits per heavy atom. The van der Waals surface area contributed by atoms with Crippen molar-refractivity contribution in [2.45, 2.75) is 22.9 Å². The molecular weight excluding hydrogens is 348 g/mol. The Labute approximate surface area is 143 Å². The minimum absolute atomic E-state index is 0.0784. The summed E-state index contributed by atoms with van der Waals surface area (Å²) in [5.41, 5.74) is 11.2. The molecular formula is C16H16N2O6S. The maximum atomic E-state index is 12.8. The van der Waals surface area contributed by atoms with E-state index < -0.39 is 21.8 Å². The molecule has 0 amide bonds. The highest BCUT2D eigenvalue weighted by Crippen LogP contribution is 2.25. The predicted molar refractivity (Wildman–Crippen MR) is 88.0 cm³/mol. The maximum Gasteiger partial charge on any atom is 0.336 e. The first-order valence-corrected chi connectivity index (χ1v) is 8.58. The highest BCUT2D eigenvalue weighted by atomic mass is 32.2. The van der Waals surface area contributed by atoms with E-state index in [1.165, 1.54) is 36.4 Å². The van der Waals surface area contributed by atoms with E-state index in [1.54, 1.807) is 0 Å². The van der Waals surface area contributed by atoms with E-state index in [0.29, 0.717) is 0 Å². The second-order valence-electron chi connectivity index (χ2n) is 5.16. The number of sulfone groups is 1. The van der Waals surface area contributed by atoms with E-state index in [9.17, 15) is 18.0 Å². The first-order valence-electron chi connectivity index (χ1n) is 7.10. The highest BCUT2D eigenvalue weighted by molar-refractivity contribution is 7.91. The maximum absolute atomic E-state index is 12.8. The van der Waals surface area contributed by atoms with Gasteiger partial charge in [-0.25, -0.2) is 18.0 Å². The van der Waals surface area contributed by atoms with Crippen LogP contribution in [0.1, 0.15) is 31.8 Å². The van der Waals surface area contributed by atoms with Crippen molar-refractivity contribution in [1.82, 2.24) is 0 Å². The molecule has 0 radical (unpaired) electrons. The fourth-order valence-electron chi connectivity index (χ4n) is 2.37. The number of aromatic carboxylic acids is 2. The number of rotatable bonds is 6. The van der Waals surface area contributed by atoms with Crippen molar-refractivity contribution in [3.8, 4) is 0 Å². The average molecular weight is 364 g/mol. The first kappa shape index (κ1) is 18.6. The van der Waals surface area contributed by atoms with Crippen LogP contribution in [0, 0.1) is 0 Å². The molecule has 2 aromatic carbocycles. The summed E-state index contributed by atoms with van der Waals surface area (Å²) in [6, 6.07) is 7.09. The average Bonchev–Trinajstić information content (AvgIpc) is 2.60. The Hall–Kier alpha value is -2.75. The van der Waals surface area contributed by atoms with Crippen molar-refractivity contribution in [3.05, 3.63) is 58.7 Å². The highest BCUT2D eigenvalue weighted by Gasteiger charge is 2.22. The van der Waals surface area contributed by atoms with Gasteiger partial charge in [-0.2, -0.15) is 0 Å². The molecule has 0 atom stereocenters. The molecule has 25 heavy (non-hydrogen) atoms. The van der Waals surface area contributed by atoms with Crippen LogP contribution in [0.15, 0.2) is 46.2 Å². The van der Waals surface area contributed by atoms with Crippen molar-refractivity contribution in [1.29, 1.82) is 0 Å². The topological polar surface area (TPSA) is 161 Å². The van der Waals surface area contributed by atoms with Crippen LogP contribution >= 0.6 is 0 Å². The third-order valence-corrected chi connectivity index (χ3v) is 5.42. The van der Waals surface area contributed by atoms with Crippen LogP contribution in [0.3, 0.4) is 0 Å². The first-order chi connectivity index (χ1) is 11.7. The molecule has 132 valence electrons. The molecule has 0 saturated carbocycles. The number of nitrogens with two attached hydrogens (primary N) is 2. The van der Waals surface area contributed by atoms with Crippen molar-refractivity contribution >= 4 is 21.8 Å². The summed E-state index contributed by atoms with van der Waals surface area (Å²) in [5.74, 6) is -2.42. The van der Waals surface area contributed by atoms with Gasteiger partial charge in [-0.05, 0) is 47.5 Å². The predicted octanol–water partition coefficient (Wildman–Crippen LogP) is 0.833. The molecule has 2 aromatic rings. The summed E-state index contributed by atoms with van der Waals surface area (Å²) in [6.45, 7) is -0.284. The SMILES string of the molecule is NCc1cc(S(=O)(=O)c2ccc(C(=O)O)c(CN)c2)ccc1C(=O)O. The van der Waals surface area contributed by atoms with Gasteiger partial charge in [0.25, 0.3) is 0 Å². The summed E-state index contributed by atoms with van der Waals surface area (Å²) in [7, 11) is -3.99. The third-order valence-electron chi connectivity index (χ3n) is 3.67. The smallest absolute Gasteiger partial charge is 0.336 e. The number of hydrogen-bond acceptors (Lipinski definition) is 6. The number of carboxylic acid groups (broad SMARTS) is 2. The van der Waals surface area contributed by atoms with E-state index in [2.05, 4.69) is 0 Å². The molecule has 6 N–H and O–H groups in total. The molecule has 0 bridgehead atoms. The van der Waals surface area contributed by atoms with Gasteiger partial charge in [0.15, 0.2) is 0 Å². The van der Waals surface area contributed by atoms with E-state index in [-0.39, 0.29) is 45.1 Å². The normalized spacial score (nSPS) is 11.3. The van der Waals surface area contributed by atoms with Gasteiger partial charge in [-0.15, -0.1) is 0 Å². The van der Waals surface area contributed by atoms with Crippen molar-refractivity contribution in [2.24, 2.45) is 11.5 Å². The third kappa shape index (κ3) is 3.53. The molecule has 0 saturated heterocycles. The van der Waals surface area contributed by atoms with Gasteiger partial charge in [0.2, 0.25) is 9.84 Å². The van der Waals surface area contributed by atoms with Gasteiger partial charge < -0.3 is 21.7 Å². The zero-order valence-corrected chi connectivity index (χ0v) is 13.8. The summed E-state index contributed by atoms with van der Waals surface area (Å²) in [4.78, 5) is 22.0. The minimum Gasteiger partial charge on any atom is -0.478 e. The second kappa shape index (κ2) is 7.01. The Balaban J connectivity index is 2.59. The molecule has 0 heterocycles. The molecule has 2 rings (SSSR count). The van der Waals surface area contributed by atoms with Gasteiger partial charge in [0.05, 0.1) is 20.9 Å². The van der Waals surface area contributed by atoms with Crippen LogP contribution in [-0.2, 0) is 22.9 Å². The minimum atomic E-state index is -3.99.